The number of carbonyl (C=O) groups is 1. The molecule has 4 rings (SSSR count). The third kappa shape index (κ3) is 2.48. The number of aliphatic hydroxyl groups excluding tert-OH is 1. The lowest BCUT2D eigenvalue weighted by Crippen LogP contribution is -2.34. The van der Waals surface area contributed by atoms with Crippen LogP contribution in [0.25, 0.3) is 0 Å². The van der Waals surface area contributed by atoms with Gasteiger partial charge < -0.3 is 15.7 Å². The molecule has 0 unspecified atom stereocenters. The summed E-state index contributed by atoms with van der Waals surface area (Å²) < 4.78 is 0. The van der Waals surface area contributed by atoms with Gasteiger partial charge in [-0.3, -0.25) is 4.79 Å². The van der Waals surface area contributed by atoms with Crippen LogP contribution < -0.4 is 10.6 Å². The molecule has 3 aliphatic rings. The van der Waals surface area contributed by atoms with Crippen LogP contribution in [0.1, 0.15) is 59.9 Å². The van der Waals surface area contributed by atoms with E-state index in [2.05, 4.69) is 20.6 Å². The van der Waals surface area contributed by atoms with Gasteiger partial charge in [0.2, 0.25) is 0 Å². The first-order valence-electron chi connectivity index (χ1n) is 7.84. The molecule has 112 valence electrons. The van der Waals surface area contributed by atoms with Gasteiger partial charge in [0.25, 0.3) is 5.91 Å². The number of aromatic nitrogens is 2. The lowest BCUT2D eigenvalue weighted by atomic mass is 10.1. The van der Waals surface area contributed by atoms with E-state index in [1.54, 1.807) is 0 Å². The van der Waals surface area contributed by atoms with Crippen LogP contribution in [-0.4, -0.2) is 39.7 Å². The number of carbonyl (C=O) groups excluding carboxylic acids is 1. The number of nitrogens with one attached hydrogen (secondary N) is 2. The van der Waals surface area contributed by atoms with Gasteiger partial charge in [0, 0.05) is 24.1 Å². The van der Waals surface area contributed by atoms with Gasteiger partial charge in [-0.05, 0) is 38.5 Å². The van der Waals surface area contributed by atoms with Crippen LogP contribution in [0.15, 0.2) is 0 Å². The van der Waals surface area contributed by atoms with E-state index in [0.29, 0.717) is 18.2 Å². The molecule has 0 saturated heterocycles. The molecule has 0 radical (unpaired) electrons. The van der Waals surface area contributed by atoms with Gasteiger partial charge in [-0.25, -0.2) is 9.97 Å². The first-order chi connectivity index (χ1) is 10.2. The standard InChI is InChI=1S/C15H20N4O2/c20-10-4-3-9(7-10)17-14-11-5-6-16-15(21)12(11)18-13(19-14)8-1-2-8/h8-10,20H,1-7H2,(H,16,21)(H,17,18,19)/t9-,10+/m1/s1. The predicted molar refractivity (Wildman–Crippen MR) is 77.3 cm³/mol. The summed E-state index contributed by atoms with van der Waals surface area (Å²) in [7, 11) is 0. The Morgan fingerprint density at radius 3 is 2.76 bits per heavy atom. The molecule has 21 heavy (non-hydrogen) atoms. The number of hydrogen-bond acceptors (Lipinski definition) is 5. The van der Waals surface area contributed by atoms with Crippen LogP contribution in [0.4, 0.5) is 5.82 Å². The Hall–Kier alpha value is -1.69. The monoisotopic (exact) mass is 288 g/mol. The lowest BCUT2D eigenvalue weighted by molar-refractivity contribution is 0.0940. The van der Waals surface area contributed by atoms with Crippen molar-refractivity contribution >= 4 is 11.7 Å². The minimum absolute atomic E-state index is 0.0879. The van der Waals surface area contributed by atoms with Crippen molar-refractivity contribution in [1.82, 2.24) is 15.3 Å². The molecular weight excluding hydrogens is 268 g/mol. The smallest absolute Gasteiger partial charge is 0.270 e. The van der Waals surface area contributed by atoms with Gasteiger partial charge in [0.05, 0.1) is 6.10 Å². The van der Waals surface area contributed by atoms with Crippen molar-refractivity contribution < 1.29 is 9.90 Å². The molecule has 1 aromatic rings. The third-order valence-corrected chi connectivity index (χ3v) is 4.59. The average molecular weight is 288 g/mol. The topological polar surface area (TPSA) is 87.1 Å². The van der Waals surface area contributed by atoms with Crippen LogP contribution >= 0.6 is 0 Å². The highest BCUT2D eigenvalue weighted by atomic mass is 16.3. The molecule has 2 heterocycles. The van der Waals surface area contributed by atoms with E-state index >= 15 is 0 Å². The molecule has 6 heteroatoms. The Balaban J connectivity index is 1.68. The van der Waals surface area contributed by atoms with Gasteiger partial charge in [-0.15, -0.1) is 0 Å². The fourth-order valence-electron chi connectivity index (χ4n) is 3.24. The van der Waals surface area contributed by atoms with E-state index in [-0.39, 0.29) is 18.1 Å². The summed E-state index contributed by atoms with van der Waals surface area (Å²) in [6.07, 6.45) is 5.31. The van der Waals surface area contributed by atoms with Gasteiger partial charge in [-0.1, -0.05) is 0 Å². The quantitative estimate of drug-likeness (QED) is 0.771. The fraction of sp³-hybridized carbons (Fsp3) is 0.667. The molecule has 0 aromatic carbocycles. The Labute approximate surface area is 123 Å². The second-order valence-electron chi connectivity index (χ2n) is 6.35. The second-order valence-corrected chi connectivity index (χ2v) is 6.35. The zero-order valence-electron chi connectivity index (χ0n) is 11.9. The van der Waals surface area contributed by atoms with Gasteiger partial charge in [0.1, 0.15) is 17.3 Å². The highest BCUT2D eigenvalue weighted by Crippen LogP contribution is 2.39. The number of rotatable bonds is 3. The zero-order valence-corrected chi connectivity index (χ0v) is 11.9. The van der Waals surface area contributed by atoms with Crippen molar-refractivity contribution in [1.29, 1.82) is 0 Å². The largest absolute Gasteiger partial charge is 0.393 e. The average Bonchev–Trinajstić information content (AvgIpc) is 3.24. The van der Waals surface area contributed by atoms with Gasteiger partial charge >= 0.3 is 0 Å². The van der Waals surface area contributed by atoms with Crippen LogP contribution in [0.3, 0.4) is 0 Å². The van der Waals surface area contributed by atoms with E-state index in [9.17, 15) is 9.90 Å². The molecule has 1 aliphatic heterocycles. The van der Waals surface area contributed by atoms with Crippen molar-refractivity contribution in [3.05, 3.63) is 17.1 Å². The van der Waals surface area contributed by atoms with Crippen molar-refractivity contribution in [3.63, 3.8) is 0 Å². The second kappa shape index (κ2) is 4.94. The minimum Gasteiger partial charge on any atom is -0.393 e. The van der Waals surface area contributed by atoms with Gasteiger partial charge in [-0.2, -0.15) is 0 Å². The summed E-state index contributed by atoms with van der Waals surface area (Å²) in [5.74, 6) is 1.94. The molecule has 1 amide bonds. The maximum absolute atomic E-state index is 12.1. The number of anilines is 1. The lowest BCUT2D eigenvalue weighted by Gasteiger charge is -2.22. The molecule has 0 spiro atoms. The summed E-state index contributed by atoms with van der Waals surface area (Å²) in [6, 6.07) is 0.246. The van der Waals surface area contributed by atoms with E-state index in [0.717, 1.165) is 55.7 Å². The predicted octanol–water partition coefficient (Wildman–Crippen LogP) is 0.965. The van der Waals surface area contributed by atoms with E-state index in [1.165, 1.54) is 0 Å². The first-order valence-corrected chi connectivity index (χ1v) is 7.84. The Morgan fingerprint density at radius 1 is 1.19 bits per heavy atom. The molecule has 3 N–H and O–H groups in total. The van der Waals surface area contributed by atoms with E-state index in [1.807, 2.05) is 0 Å². The number of amides is 1. The van der Waals surface area contributed by atoms with Crippen LogP contribution in [0.2, 0.25) is 0 Å². The van der Waals surface area contributed by atoms with Crippen LogP contribution in [-0.2, 0) is 6.42 Å². The summed E-state index contributed by atoms with van der Waals surface area (Å²) in [6.45, 7) is 0.639. The number of nitrogens with zero attached hydrogens (tertiary/aromatic N) is 2. The molecule has 0 bridgehead atoms. The zero-order chi connectivity index (χ0) is 14.4. The summed E-state index contributed by atoms with van der Waals surface area (Å²) in [5, 5.41) is 16.0. The normalized spacial score (nSPS) is 28.1. The molecular formula is C15H20N4O2. The molecule has 1 aromatic heterocycles. The van der Waals surface area contributed by atoms with Crippen molar-refractivity contribution in [3.8, 4) is 0 Å². The SMILES string of the molecule is O=C1NCCc2c(N[C@@H]3CC[C@H](O)C3)nc(C3CC3)nc21. The maximum Gasteiger partial charge on any atom is 0.270 e. The first kappa shape index (κ1) is 13.0. The van der Waals surface area contributed by atoms with Crippen molar-refractivity contribution in [2.24, 2.45) is 0 Å². The number of hydrogen-bond donors (Lipinski definition) is 3. The number of fused-ring (bicyclic) bond motifs is 1. The molecule has 2 atom stereocenters. The summed E-state index contributed by atoms with van der Waals surface area (Å²) in [4.78, 5) is 21.2. The van der Waals surface area contributed by atoms with E-state index in [4.69, 9.17) is 0 Å². The number of aliphatic hydroxyl groups is 1. The Kier molecular flexibility index (Phi) is 3.06. The molecule has 2 aliphatic carbocycles. The van der Waals surface area contributed by atoms with Gasteiger partial charge in [0.15, 0.2) is 0 Å². The van der Waals surface area contributed by atoms with Crippen LogP contribution in [0.5, 0.6) is 0 Å². The Bertz CT molecular complexity index is 585. The van der Waals surface area contributed by atoms with Crippen molar-refractivity contribution in [2.45, 2.75) is 56.6 Å². The van der Waals surface area contributed by atoms with Crippen molar-refractivity contribution in [2.75, 3.05) is 11.9 Å². The molecule has 2 fully saturated rings. The molecule has 6 nitrogen and oxygen atoms in total. The highest BCUT2D eigenvalue weighted by molar-refractivity contribution is 5.96. The van der Waals surface area contributed by atoms with Crippen LogP contribution in [0, 0.1) is 0 Å². The summed E-state index contributed by atoms with van der Waals surface area (Å²) in [5.41, 5.74) is 1.48. The highest BCUT2D eigenvalue weighted by Gasteiger charge is 2.32. The Morgan fingerprint density at radius 2 is 2.05 bits per heavy atom. The van der Waals surface area contributed by atoms with E-state index < -0.39 is 0 Å². The molecule has 2 saturated carbocycles. The fourth-order valence-corrected chi connectivity index (χ4v) is 3.24. The summed E-state index contributed by atoms with van der Waals surface area (Å²) >= 11 is 0. The maximum atomic E-state index is 12.1. The minimum atomic E-state index is -0.216. The third-order valence-electron chi connectivity index (χ3n) is 4.59.